The van der Waals surface area contributed by atoms with Gasteiger partial charge in [-0.05, 0) is 36.4 Å². The van der Waals surface area contributed by atoms with Crippen molar-refractivity contribution < 1.29 is 4.79 Å². The summed E-state index contributed by atoms with van der Waals surface area (Å²) in [6, 6.07) is 12.9. The second-order valence-corrected chi connectivity index (χ2v) is 6.26. The van der Waals surface area contributed by atoms with Crippen molar-refractivity contribution in [2.45, 2.75) is 38.8 Å². The molecule has 1 heterocycles. The number of carbonyl (C=O) groups excluding carboxylic acids is 1. The van der Waals surface area contributed by atoms with Gasteiger partial charge in [0.1, 0.15) is 0 Å². The van der Waals surface area contributed by atoms with Crippen molar-refractivity contribution in [3.63, 3.8) is 0 Å². The second-order valence-electron chi connectivity index (χ2n) is 5.23. The van der Waals surface area contributed by atoms with Crippen molar-refractivity contribution in [2.24, 2.45) is 0 Å². The van der Waals surface area contributed by atoms with E-state index in [0.29, 0.717) is 12.5 Å². The number of rotatable bonds is 6. The summed E-state index contributed by atoms with van der Waals surface area (Å²) in [5.41, 5.74) is 1.98. The van der Waals surface area contributed by atoms with Crippen LogP contribution in [0.25, 0.3) is 0 Å². The van der Waals surface area contributed by atoms with Gasteiger partial charge < -0.3 is 4.90 Å². The largest absolute Gasteiger partial charge is 0.363 e. The summed E-state index contributed by atoms with van der Waals surface area (Å²) < 4.78 is 0. The van der Waals surface area contributed by atoms with E-state index in [0.717, 1.165) is 17.8 Å². The van der Waals surface area contributed by atoms with Crippen molar-refractivity contribution >= 4 is 22.8 Å². The van der Waals surface area contributed by atoms with Crippen LogP contribution in [0, 0.1) is 0 Å². The standard InChI is InChI=1S/C17H19NOS/c1-2-17(19)15-7-3-4-8-16(15)18(13-9-10-13)12-14-6-5-11-20-14/h3-8,11,13H,2,9-10,12H2,1H3. The Hall–Kier alpha value is -1.61. The third kappa shape index (κ3) is 2.78. The molecule has 0 N–H and O–H groups in total. The van der Waals surface area contributed by atoms with Gasteiger partial charge in [-0.2, -0.15) is 0 Å². The highest BCUT2D eigenvalue weighted by Crippen LogP contribution is 2.35. The number of hydrogen-bond donors (Lipinski definition) is 0. The van der Waals surface area contributed by atoms with Gasteiger partial charge in [0, 0.05) is 28.6 Å². The number of ketones is 1. The van der Waals surface area contributed by atoms with Crippen LogP contribution in [0.3, 0.4) is 0 Å². The summed E-state index contributed by atoms with van der Waals surface area (Å²) in [7, 11) is 0. The van der Waals surface area contributed by atoms with Crippen LogP contribution in [0.4, 0.5) is 5.69 Å². The van der Waals surface area contributed by atoms with Gasteiger partial charge in [-0.3, -0.25) is 4.79 Å². The van der Waals surface area contributed by atoms with E-state index in [2.05, 4.69) is 28.5 Å². The SMILES string of the molecule is CCC(=O)c1ccccc1N(Cc1cccs1)C1CC1. The monoisotopic (exact) mass is 285 g/mol. The van der Waals surface area contributed by atoms with E-state index in [-0.39, 0.29) is 5.78 Å². The number of carbonyl (C=O) groups is 1. The highest BCUT2D eigenvalue weighted by atomic mass is 32.1. The summed E-state index contributed by atoms with van der Waals surface area (Å²) >= 11 is 1.78. The molecule has 1 fully saturated rings. The zero-order valence-corrected chi connectivity index (χ0v) is 12.5. The van der Waals surface area contributed by atoms with Crippen LogP contribution in [-0.2, 0) is 6.54 Å². The zero-order valence-electron chi connectivity index (χ0n) is 11.7. The minimum Gasteiger partial charge on any atom is -0.363 e. The Morgan fingerprint density at radius 2 is 2.05 bits per heavy atom. The highest BCUT2D eigenvalue weighted by molar-refractivity contribution is 7.09. The van der Waals surface area contributed by atoms with Gasteiger partial charge in [-0.25, -0.2) is 0 Å². The average molecular weight is 285 g/mol. The van der Waals surface area contributed by atoms with E-state index in [1.54, 1.807) is 11.3 Å². The van der Waals surface area contributed by atoms with Crippen LogP contribution in [0.5, 0.6) is 0 Å². The Morgan fingerprint density at radius 1 is 1.25 bits per heavy atom. The van der Waals surface area contributed by atoms with Crippen LogP contribution in [0.15, 0.2) is 41.8 Å². The summed E-state index contributed by atoms with van der Waals surface area (Å²) in [5.74, 6) is 0.234. The van der Waals surface area contributed by atoms with Gasteiger partial charge in [-0.1, -0.05) is 25.1 Å². The first-order valence-electron chi connectivity index (χ1n) is 7.21. The van der Waals surface area contributed by atoms with Crippen molar-refractivity contribution in [1.82, 2.24) is 0 Å². The number of thiophene rings is 1. The third-order valence-corrected chi connectivity index (χ3v) is 4.59. The molecule has 1 saturated carbocycles. The topological polar surface area (TPSA) is 20.3 Å². The molecule has 1 aliphatic rings. The number of nitrogens with zero attached hydrogens (tertiary/aromatic N) is 1. The molecule has 0 unspecified atom stereocenters. The fraction of sp³-hybridized carbons (Fsp3) is 0.353. The van der Waals surface area contributed by atoms with Crippen LogP contribution >= 0.6 is 11.3 Å². The number of anilines is 1. The molecule has 0 aliphatic heterocycles. The molecule has 104 valence electrons. The fourth-order valence-corrected chi connectivity index (χ4v) is 3.22. The van der Waals surface area contributed by atoms with E-state index in [4.69, 9.17) is 0 Å². The molecule has 0 spiro atoms. The van der Waals surface area contributed by atoms with Crippen LogP contribution in [0.2, 0.25) is 0 Å². The Morgan fingerprint density at radius 3 is 2.70 bits per heavy atom. The first kappa shape index (κ1) is 13.4. The molecule has 0 radical (unpaired) electrons. The van der Waals surface area contributed by atoms with E-state index < -0.39 is 0 Å². The number of Topliss-reactive ketones (excluding diaryl/α,β-unsaturated/α-hetero) is 1. The lowest BCUT2D eigenvalue weighted by molar-refractivity contribution is 0.0988. The minimum atomic E-state index is 0.234. The van der Waals surface area contributed by atoms with Gasteiger partial charge in [0.2, 0.25) is 0 Å². The molecule has 1 aliphatic carbocycles. The lowest BCUT2D eigenvalue weighted by Crippen LogP contribution is -2.26. The second kappa shape index (κ2) is 5.80. The Labute approximate surface area is 124 Å². The molecule has 0 bridgehead atoms. The maximum Gasteiger partial charge on any atom is 0.164 e. The molecule has 2 nitrogen and oxygen atoms in total. The first-order valence-corrected chi connectivity index (χ1v) is 8.09. The molecule has 1 aromatic heterocycles. The summed E-state index contributed by atoms with van der Waals surface area (Å²) in [6.07, 6.45) is 3.04. The number of benzene rings is 1. The van der Waals surface area contributed by atoms with Gasteiger partial charge in [0.05, 0.1) is 6.54 Å². The lowest BCUT2D eigenvalue weighted by Gasteiger charge is -2.26. The van der Waals surface area contributed by atoms with Crippen molar-refractivity contribution in [1.29, 1.82) is 0 Å². The number of para-hydroxylation sites is 1. The number of hydrogen-bond acceptors (Lipinski definition) is 3. The van der Waals surface area contributed by atoms with Crippen molar-refractivity contribution in [3.05, 3.63) is 52.2 Å². The van der Waals surface area contributed by atoms with Crippen molar-refractivity contribution in [3.8, 4) is 0 Å². The van der Waals surface area contributed by atoms with Gasteiger partial charge in [0.25, 0.3) is 0 Å². The van der Waals surface area contributed by atoms with E-state index in [1.165, 1.54) is 17.7 Å². The summed E-state index contributed by atoms with van der Waals surface area (Å²) in [4.78, 5) is 15.9. The fourth-order valence-electron chi connectivity index (χ4n) is 2.52. The molecule has 1 aromatic carbocycles. The average Bonchev–Trinajstić information content (AvgIpc) is 3.20. The zero-order chi connectivity index (χ0) is 13.9. The van der Waals surface area contributed by atoms with Gasteiger partial charge >= 0.3 is 0 Å². The quantitative estimate of drug-likeness (QED) is 0.728. The van der Waals surface area contributed by atoms with Gasteiger partial charge in [0.15, 0.2) is 5.78 Å². The van der Waals surface area contributed by atoms with Crippen LogP contribution in [-0.4, -0.2) is 11.8 Å². The molecule has 0 atom stereocenters. The smallest absolute Gasteiger partial charge is 0.164 e. The predicted molar refractivity (Wildman–Crippen MR) is 84.6 cm³/mol. The molecule has 3 rings (SSSR count). The Bertz CT molecular complexity index is 587. The maximum absolute atomic E-state index is 12.2. The Balaban J connectivity index is 1.93. The molecule has 2 aromatic rings. The molecule has 0 amide bonds. The van der Waals surface area contributed by atoms with E-state index in [1.807, 2.05) is 25.1 Å². The van der Waals surface area contributed by atoms with Crippen LogP contribution < -0.4 is 4.90 Å². The van der Waals surface area contributed by atoms with E-state index in [9.17, 15) is 4.79 Å². The predicted octanol–water partition coefficient (Wildman–Crippen LogP) is 4.51. The summed E-state index contributed by atoms with van der Waals surface area (Å²) in [5, 5.41) is 2.11. The Kier molecular flexibility index (Phi) is 3.88. The van der Waals surface area contributed by atoms with Crippen molar-refractivity contribution in [2.75, 3.05) is 4.90 Å². The highest BCUT2D eigenvalue weighted by Gasteiger charge is 2.31. The molecule has 0 saturated heterocycles. The van der Waals surface area contributed by atoms with Crippen LogP contribution in [0.1, 0.15) is 41.4 Å². The lowest BCUT2D eigenvalue weighted by atomic mass is 10.1. The molecular formula is C17H19NOS. The molecule has 20 heavy (non-hydrogen) atoms. The maximum atomic E-state index is 12.2. The third-order valence-electron chi connectivity index (χ3n) is 3.73. The first-order chi connectivity index (χ1) is 9.79. The normalized spacial score (nSPS) is 14.2. The van der Waals surface area contributed by atoms with Gasteiger partial charge in [-0.15, -0.1) is 11.3 Å². The summed E-state index contributed by atoms with van der Waals surface area (Å²) in [6.45, 7) is 2.84. The molecule has 3 heteroatoms. The molecular weight excluding hydrogens is 266 g/mol. The van der Waals surface area contributed by atoms with E-state index >= 15 is 0 Å². The minimum absolute atomic E-state index is 0.234.